The van der Waals surface area contributed by atoms with Gasteiger partial charge in [-0.05, 0) is 51.0 Å². The van der Waals surface area contributed by atoms with Gasteiger partial charge < -0.3 is 10.2 Å². The molecule has 6 nitrogen and oxygen atoms in total. The van der Waals surface area contributed by atoms with Gasteiger partial charge in [-0.25, -0.2) is 4.98 Å². The van der Waals surface area contributed by atoms with E-state index >= 15 is 0 Å². The monoisotopic (exact) mass is 289 g/mol. The van der Waals surface area contributed by atoms with E-state index in [1.165, 1.54) is 32.1 Å². The first-order chi connectivity index (χ1) is 10.3. The number of amides is 1. The first kappa shape index (κ1) is 13.2. The van der Waals surface area contributed by atoms with Crippen molar-refractivity contribution >= 4 is 5.91 Å². The van der Waals surface area contributed by atoms with E-state index in [4.69, 9.17) is 0 Å². The highest BCUT2D eigenvalue weighted by Gasteiger charge is 2.32. The van der Waals surface area contributed by atoms with E-state index in [0.717, 1.165) is 31.9 Å². The van der Waals surface area contributed by atoms with Crippen LogP contribution in [0.5, 0.6) is 0 Å². The molecule has 1 atom stereocenters. The number of aromatic amines is 1. The molecule has 2 heterocycles. The van der Waals surface area contributed by atoms with Gasteiger partial charge in [0.15, 0.2) is 0 Å². The molecule has 1 amide bonds. The van der Waals surface area contributed by atoms with Gasteiger partial charge in [0.05, 0.1) is 0 Å². The van der Waals surface area contributed by atoms with Crippen LogP contribution in [0.4, 0.5) is 0 Å². The Morgan fingerprint density at radius 2 is 2.05 bits per heavy atom. The normalized spacial score (nSPS) is 25.2. The number of hydrogen-bond donors (Lipinski definition) is 2. The first-order valence-corrected chi connectivity index (χ1v) is 8.24. The lowest BCUT2D eigenvalue weighted by Crippen LogP contribution is -2.42. The molecule has 1 aliphatic heterocycles. The molecule has 6 heteroatoms. The van der Waals surface area contributed by atoms with Crippen molar-refractivity contribution in [1.29, 1.82) is 0 Å². The Hall–Kier alpha value is -1.43. The average Bonchev–Trinajstić information content (AvgIpc) is 3.40. The van der Waals surface area contributed by atoms with Crippen molar-refractivity contribution in [3.8, 4) is 0 Å². The number of hydrogen-bond acceptors (Lipinski definition) is 4. The molecule has 2 saturated carbocycles. The molecule has 0 bridgehead atoms. The Kier molecular flexibility index (Phi) is 3.41. The SMILES string of the molecule is O=C(c1n[nH]c(C2CC2)n1)N(CC1CC1)CC1CCCN1. The topological polar surface area (TPSA) is 73.9 Å². The molecule has 3 fully saturated rings. The molecule has 3 aliphatic rings. The molecule has 0 spiro atoms. The van der Waals surface area contributed by atoms with E-state index in [1.54, 1.807) is 0 Å². The fraction of sp³-hybridized carbons (Fsp3) is 0.800. The molecule has 114 valence electrons. The molecule has 4 rings (SSSR count). The summed E-state index contributed by atoms with van der Waals surface area (Å²) in [7, 11) is 0. The number of H-pyrrole nitrogens is 1. The largest absolute Gasteiger partial charge is 0.334 e. The highest BCUT2D eigenvalue weighted by Crippen LogP contribution is 2.37. The maximum Gasteiger partial charge on any atom is 0.293 e. The fourth-order valence-electron chi connectivity index (χ4n) is 3.08. The lowest BCUT2D eigenvalue weighted by Gasteiger charge is -2.24. The van der Waals surface area contributed by atoms with Gasteiger partial charge in [0, 0.05) is 25.0 Å². The third-order valence-electron chi connectivity index (χ3n) is 4.72. The van der Waals surface area contributed by atoms with Crippen LogP contribution in [0.1, 0.15) is 60.9 Å². The number of carbonyl (C=O) groups excluding carboxylic acids is 1. The minimum absolute atomic E-state index is 0.00116. The van der Waals surface area contributed by atoms with Crippen molar-refractivity contribution in [2.75, 3.05) is 19.6 Å². The maximum absolute atomic E-state index is 12.7. The van der Waals surface area contributed by atoms with E-state index in [9.17, 15) is 4.79 Å². The van der Waals surface area contributed by atoms with Crippen molar-refractivity contribution < 1.29 is 4.79 Å². The molecule has 2 N–H and O–H groups in total. The van der Waals surface area contributed by atoms with Crippen molar-refractivity contribution in [2.24, 2.45) is 5.92 Å². The van der Waals surface area contributed by atoms with Crippen LogP contribution >= 0.6 is 0 Å². The molecule has 0 aromatic carbocycles. The molecular formula is C15H23N5O. The van der Waals surface area contributed by atoms with E-state index in [0.29, 0.717) is 23.7 Å². The fourth-order valence-corrected chi connectivity index (χ4v) is 3.08. The minimum atomic E-state index is -0.00116. The van der Waals surface area contributed by atoms with E-state index in [2.05, 4.69) is 20.5 Å². The van der Waals surface area contributed by atoms with Crippen molar-refractivity contribution in [3.63, 3.8) is 0 Å². The van der Waals surface area contributed by atoms with Crippen molar-refractivity contribution in [2.45, 2.75) is 50.5 Å². The standard InChI is InChI=1S/C15H23N5O/c21-15(14-17-13(18-19-14)11-5-6-11)20(8-10-3-4-10)9-12-2-1-7-16-12/h10-12,16H,1-9H2,(H,17,18,19). The number of rotatable bonds is 6. The number of carbonyl (C=O) groups is 1. The highest BCUT2D eigenvalue weighted by atomic mass is 16.2. The van der Waals surface area contributed by atoms with Crippen LogP contribution in [-0.4, -0.2) is 51.7 Å². The van der Waals surface area contributed by atoms with E-state index in [-0.39, 0.29) is 5.91 Å². The third-order valence-corrected chi connectivity index (χ3v) is 4.72. The van der Waals surface area contributed by atoms with E-state index < -0.39 is 0 Å². The van der Waals surface area contributed by atoms with Gasteiger partial charge in [-0.15, -0.1) is 5.10 Å². The van der Waals surface area contributed by atoms with Gasteiger partial charge in [0.1, 0.15) is 5.82 Å². The van der Waals surface area contributed by atoms with Crippen LogP contribution in [0, 0.1) is 5.92 Å². The summed E-state index contributed by atoms with van der Waals surface area (Å²) in [5, 5.41) is 10.6. The molecular weight excluding hydrogens is 266 g/mol. The van der Waals surface area contributed by atoms with Crippen LogP contribution in [0.3, 0.4) is 0 Å². The second-order valence-electron chi connectivity index (χ2n) is 6.77. The van der Waals surface area contributed by atoms with Gasteiger partial charge in [-0.2, -0.15) is 0 Å². The summed E-state index contributed by atoms with van der Waals surface area (Å²) in [6, 6.07) is 0.439. The molecule has 21 heavy (non-hydrogen) atoms. The Bertz CT molecular complexity index is 514. The van der Waals surface area contributed by atoms with Gasteiger partial charge in [0.25, 0.3) is 5.91 Å². The Morgan fingerprint density at radius 1 is 1.19 bits per heavy atom. The summed E-state index contributed by atoms with van der Waals surface area (Å²) in [4.78, 5) is 19.1. The molecule has 2 aliphatic carbocycles. The summed E-state index contributed by atoms with van der Waals surface area (Å²) in [5.74, 6) is 2.45. The van der Waals surface area contributed by atoms with Crippen LogP contribution in [0.15, 0.2) is 0 Å². The molecule has 0 radical (unpaired) electrons. The minimum Gasteiger partial charge on any atom is -0.334 e. The Labute approximate surface area is 124 Å². The Balaban J connectivity index is 1.45. The molecule has 1 aromatic heterocycles. The molecule has 1 saturated heterocycles. The zero-order valence-electron chi connectivity index (χ0n) is 12.3. The Morgan fingerprint density at radius 3 is 2.71 bits per heavy atom. The van der Waals surface area contributed by atoms with Crippen LogP contribution in [0.25, 0.3) is 0 Å². The predicted molar refractivity (Wildman–Crippen MR) is 78.0 cm³/mol. The maximum atomic E-state index is 12.7. The zero-order valence-corrected chi connectivity index (χ0v) is 12.3. The van der Waals surface area contributed by atoms with Gasteiger partial charge in [0.2, 0.25) is 5.82 Å². The quantitative estimate of drug-likeness (QED) is 0.827. The summed E-state index contributed by atoms with van der Waals surface area (Å²) in [6.45, 7) is 2.73. The average molecular weight is 289 g/mol. The predicted octanol–water partition coefficient (Wildman–Crippen LogP) is 1.29. The zero-order chi connectivity index (χ0) is 14.2. The summed E-state index contributed by atoms with van der Waals surface area (Å²) < 4.78 is 0. The second-order valence-corrected chi connectivity index (χ2v) is 6.77. The second kappa shape index (κ2) is 5.40. The van der Waals surface area contributed by atoms with Gasteiger partial charge >= 0.3 is 0 Å². The number of aromatic nitrogens is 3. The highest BCUT2D eigenvalue weighted by molar-refractivity contribution is 5.90. The van der Waals surface area contributed by atoms with E-state index in [1.807, 2.05) is 4.90 Å². The number of nitrogens with zero attached hydrogens (tertiary/aromatic N) is 3. The van der Waals surface area contributed by atoms with Gasteiger partial charge in [-0.1, -0.05) is 0 Å². The smallest absolute Gasteiger partial charge is 0.293 e. The summed E-state index contributed by atoms with van der Waals surface area (Å²) >= 11 is 0. The lowest BCUT2D eigenvalue weighted by atomic mass is 10.2. The molecule has 1 aromatic rings. The lowest BCUT2D eigenvalue weighted by molar-refractivity contribution is 0.0721. The molecule has 1 unspecified atom stereocenters. The van der Waals surface area contributed by atoms with Gasteiger partial charge in [-0.3, -0.25) is 9.89 Å². The van der Waals surface area contributed by atoms with Crippen molar-refractivity contribution in [3.05, 3.63) is 11.6 Å². The van der Waals surface area contributed by atoms with Crippen LogP contribution in [-0.2, 0) is 0 Å². The third kappa shape index (κ3) is 3.10. The van der Waals surface area contributed by atoms with Crippen LogP contribution in [0.2, 0.25) is 0 Å². The van der Waals surface area contributed by atoms with Crippen molar-refractivity contribution in [1.82, 2.24) is 25.4 Å². The summed E-state index contributed by atoms with van der Waals surface area (Å²) in [6.07, 6.45) is 7.21. The first-order valence-electron chi connectivity index (χ1n) is 8.24. The van der Waals surface area contributed by atoms with Crippen LogP contribution < -0.4 is 5.32 Å². The summed E-state index contributed by atoms with van der Waals surface area (Å²) in [5.41, 5.74) is 0. The number of nitrogens with one attached hydrogen (secondary N) is 2.